The Hall–Kier alpha value is -6.84. The highest BCUT2D eigenvalue weighted by molar-refractivity contribution is 7.26. The Morgan fingerprint density at radius 3 is 1.96 bits per heavy atom. The summed E-state index contributed by atoms with van der Waals surface area (Å²) in [5.41, 5.74) is 7.87. The predicted molar refractivity (Wildman–Crippen MR) is 206 cm³/mol. The number of para-hydroxylation sites is 1. The fourth-order valence-electron chi connectivity index (χ4n) is 7.40. The van der Waals surface area contributed by atoms with Gasteiger partial charge in [-0.1, -0.05) is 42.5 Å². The van der Waals surface area contributed by atoms with Crippen molar-refractivity contribution < 1.29 is 0 Å². The van der Waals surface area contributed by atoms with Crippen LogP contribution in [0.2, 0.25) is 0 Å². The summed E-state index contributed by atoms with van der Waals surface area (Å²) in [6, 6.07) is 40.1. The number of hydrogen-bond acceptors (Lipinski definition) is 7. The van der Waals surface area contributed by atoms with Gasteiger partial charge < -0.3 is 4.57 Å². The molecule has 0 saturated heterocycles. The number of benzene rings is 4. The molecule has 51 heavy (non-hydrogen) atoms. The van der Waals surface area contributed by atoms with Crippen molar-refractivity contribution >= 4 is 75.3 Å². The Bertz CT molecular complexity index is 3090. The van der Waals surface area contributed by atoms with Gasteiger partial charge in [0.25, 0.3) is 0 Å². The van der Waals surface area contributed by atoms with Crippen LogP contribution in [0.15, 0.2) is 146 Å². The summed E-state index contributed by atoms with van der Waals surface area (Å²) in [4.78, 5) is 28.6. The molecular weight excluding hydrogens is 649 g/mol. The van der Waals surface area contributed by atoms with Crippen molar-refractivity contribution in [3.63, 3.8) is 0 Å². The molecule has 0 fully saturated rings. The minimum atomic E-state index is 0.523. The number of fused-ring (bicyclic) bond motifs is 10. The lowest BCUT2D eigenvalue weighted by atomic mass is 10.1. The molecule has 0 saturated carbocycles. The van der Waals surface area contributed by atoms with Crippen molar-refractivity contribution in [3.8, 4) is 34.4 Å². The van der Waals surface area contributed by atoms with Crippen LogP contribution in [0.4, 0.5) is 0 Å². The SMILES string of the molecule is c1cncc(-c2nc(-c3cccnc3)nc(-n3c4ccccc4c4cc(-n5c6cccnc6c6c7sc8ccccc8c7ccc65)ccc43)n2)c1. The predicted octanol–water partition coefficient (Wildman–Crippen LogP) is 9.95. The number of aromatic nitrogens is 8. The molecule has 0 aliphatic carbocycles. The van der Waals surface area contributed by atoms with E-state index < -0.39 is 0 Å². The van der Waals surface area contributed by atoms with Gasteiger partial charge in [-0.3, -0.25) is 19.5 Å². The molecule has 4 aromatic carbocycles. The molecule has 9 heteroatoms. The molecule has 7 heterocycles. The highest BCUT2D eigenvalue weighted by Crippen LogP contribution is 2.43. The molecule has 0 bridgehead atoms. The molecular formula is C42H24N8S. The summed E-state index contributed by atoms with van der Waals surface area (Å²) >= 11 is 1.84. The van der Waals surface area contributed by atoms with E-state index in [0.717, 1.165) is 55.2 Å². The first-order valence-electron chi connectivity index (χ1n) is 16.6. The fraction of sp³-hybridized carbons (Fsp3) is 0. The van der Waals surface area contributed by atoms with Crippen LogP contribution in [0.3, 0.4) is 0 Å². The maximum absolute atomic E-state index is 5.04. The summed E-state index contributed by atoms with van der Waals surface area (Å²) in [7, 11) is 0. The van der Waals surface area contributed by atoms with Crippen LogP contribution in [0.1, 0.15) is 0 Å². The largest absolute Gasteiger partial charge is 0.308 e. The third-order valence-corrected chi connectivity index (χ3v) is 10.8. The van der Waals surface area contributed by atoms with Crippen LogP contribution in [-0.4, -0.2) is 39.0 Å². The summed E-state index contributed by atoms with van der Waals surface area (Å²) in [5.74, 6) is 1.61. The molecule has 0 amide bonds. The van der Waals surface area contributed by atoms with Gasteiger partial charge in [0.2, 0.25) is 5.95 Å². The topological polar surface area (TPSA) is 87.2 Å². The first-order valence-corrected chi connectivity index (χ1v) is 17.4. The van der Waals surface area contributed by atoms with E-state index in [9.17, 15) is 0 Å². The minimum Gasteiger partial charge on any atom is -0.308 e. The molecule has 0 N–H and O–H groups in total. The maximum atomic E-state index is 5.04. The fourth-order valence-corrected chi connectivity index (χ4v) is 8.65. The van der Waals surface area contributed by atoms with Crippen molar-refractivity contribution in [3.05, 3.63) is 146 Å². The zero-order chi connectivity index (χ0) is 33.5. The molecule has 0 spiro atoms. The van der Waals surface area contributed by atoms with Crippen LogP contribution in [0, 0.1) is 0 Å². The van der Waals surface area contributed by atoms with Crippen LogP contribution >= 0.6 is 11.3 Å². The van der Waals surface area contributed by atoms with Gasteiger partial charge >= 0.3 is 0 Å². The van der Waals surface area contributed by atoms with E-state index in [1.54, 1.807) is 24.8 Å². The Morgan fingerprint density at radius 1 is 0.490 bits per heavy atom. The van der Waals surface area contributed by atoms with Crippen molar-refractivity contribution in [2.75, 3.05) is 0 Å². The van der Waals surface area contributed by atoms with Gasteiger partial charge in [0.1, 0.15) is 0 Å². The van der Waals surface area contributed by atoms with Gasteiger partial charge in [0.15, 0.2) is 11.6 Å². The molecule has 0 radical (unpaired) electrons. The van der Waals surface area contributed by atoms with E-state index >= 15 is 0 Å². The number of pyridine rings is 3. The summed E-state index contributed by atoms with van der Waals surface area (Å²) in [5, 5.41) is 5.92. The highest BCUT2D eigenvalue weighted by atomic mass is 32.1. The van der Waals surface area contributed by atoms with Crippen LogP contribution in [0.5, 0.6) is 0 Å². The molecule has 0 aliphatic heterocycles. The van der Waals surface area contributed by atoms with E-state index in [1.165, 1.54) is 25.6 Å². The first-order chi connectivity index (χ1) is 25.3. The van der Waals surface area contributed by atoms with Gasteiger partial charge in [-0.15, -0.1) is 11.3 Å². The van der Waals surface area contributed by atoms with Gasteiger partial charge in [-0.25, -0.2) is 4.98 Å². The average molecular weight is 673 g/mol. The van der Waals surface area contributed by atoms with Crippen molar-refractivity contribution in [1.29, 1.82) is 0 Å². The van der Waals surface area contributed by atoms with E-state index in [-0.39, 0.29) is 0 Å². The Balaban J connectivity index is 1.18. The standard InChI is InChI=1S/C42H24N8S/c1-3-12-32-28(10-1)31-22-27(49-34-18-16-30-29-11-2-4-14-36(29)51-39(30)37(34)38-35(49)13-7-21-45-38)15-17-33(31)50(32)42-47-40(25-8-5-19-43-23-25)46-41(48-42)26-9-6-20-44-24-26/h1-24H. The zero-order valence-electron chi connectivity index (χ0n) is 26.8. The molecule has 0 unspecified atom stereocenters. The molecule has 238 valence electrons. The lowest BCUT2D eigenvalue weighted by Gasteiger charge is -2.11. The van der Waals surface area contributed by atoms with E-state index in [1.807, 2.05) is 47.9 Å². The summed E-state index contributed by atoms with van der Waals surface area (Å²) in [6.45, 7) is 0. The number of thiophene rings is 1. The van der Waals surface area contributed by atoms with Crippen LogP contribution in [0.25, 0.3) is 98.3 Å². The quantitative estimate of drug-likeness (QED) is 0.185. The Kier molecular flexibility index (Phi) is 5.96. The average Bonchev–Trinajstić information content (AvgIpc) is 3.86. The molecule has 8 nitrogen and oxygen atoms in total. The van der Waals surface area contributed by atoms with E-state index in [0.29, 0.717) is 17.6 Å². The Labute approximate surface area is 294 Å². The maximum Gasteiger partial charge on any atom is 0.238 e. The second kappa shape index (κ2) is 10.8. The van der Waals surface area contributed by atoms with Crippen molar-refractivity contribution in [2.45, 2.75) is 0 Å². The smallest absolute Gasteiger partial charge is 0.238 e. The molecule has 0 aliphatic rings. The molecule has 11 aromatic rings. The summed E-state index contributed by atoms with van der Waals surface area (Å²) < 4.78 is 7.02. The Morgan fingerprint density at radius 2 is 1.18 bits per heavy atom. The van der Waals surface area contributed by atoms with Gasteiger partial charge in [-0.2, -0.15) is 9.97 Å². The second-order valence-corrected chi connectivity index (χ2v) is 13.5. The summed E-state index contributed by atoms with van der Waals surface area (Å²) in [6.07, 6.45) is 8.94. The normalized spacial score (nSPS) is 11.9. The van der Waals surface area contributed by atoms with Gasteiger partial charge in [0, 0.05) is 84.1 Å². The third-order valence-electron chi connectivity index (χ3n) is 9.61. The lowest BCUT2D eigenvalue weighted by molar-refractivity contribution is 0.951. The first kappa shape index (κ1) is 28.0. The zero-order valence-corrected chi connectivity index (χ0v) is 27.7. The molecule has 0 atom stereocenters. The van der Waals surface area contributed by atoms with Crippen LogP contribution in [-0.2, 0) is 0 Å². The van der Waals surface area contributed by atoms with Gasteiger partial charge in [0.05, 0.1) is 27.6 Å². The van der Waals surface area contributed by atoms with Gasteiger partial charge in [-0.05, 0) is 72.8 Å². The number of hydrogen-bond donors (Lipinski definition) is 0. The molecule has 7 aromatic heterocycles. The van der Waals surface area contributed by atoms with Crippen LogP contribution < -0.4 is 0 Å². The van der Waals surface area contributed by atoms with E-state index in [2.05, 4.69) is 104 Å². The molecule has 11 rings (SSSR count). The lowest BCUT2D eigenvalue weighted by Crippen LogP contribution is -2.06. The van der Waals surface area contributed by atoms with E-state index in [4.69, 9.17) is 19.9 Å². The highest BCUT2D eigenvalue weighted by Gasteiger charge is 2.21. The minimum absolute atomic E-state index is 0.523. The van der Waals surface area contributed by atoms with Crippen molar-refractivity contribution in [2.24, 2.45) is 0 Å². The van der Waals surface area contributed by atoms with Crippen molar-refractivity contribution in [1.82, 2.24) is 39.0 Å². The monoisotopic (exact) mass is 672 g/mol. The number of rotatable bonds is 4. The third kappa shape index (κ3) is 4.19. The number of nitrogens with zero attached hydrogens (tertiary/aromatic N) is 8. The second-order valence-electron chi connectivity index (χ2n) is 12.5.